The minimum Gasteiger partial charge on any atom is -0.444 e. The monoisotopic (exact) mass is 242 g/mol. The number of rotatable bonds is 4. The summed E-state index contributed by atoms with van der Waals surface area (Å²) >= 11 is 0. The van der Waals surface area contributed by atoms with Gasteiger partial charge in [-0.2, -0.15) is 0 Å². The molecule has 98 valence electrons. The second kappa shape index (κ2) is 5.25. The number of nitrogens with zero attached hydrogens (tertiary/aromatic N) is 1. The molecule has 1 aliphatic rings. The Hall–Kier alpha value is -1.46. The topological polar surface area (TPSA) is 103 Å². The number of carbonyl (C=O) groups is 1. The van der Waals surface area contributed by atoms with Gasteiger partial charge in [0.25, 0.3) is 0 Å². The van der Waals surface area contributed by atoms with Gasteiger partial charge in [-0.15, -0.1) is 0 Å². The fourth-order valence-corrected chi connectivity index (χ4v) is 1.47. The molecule has 0 aromatic carbocycles. The first kappa shape index (κ1) is 13.6. The Morgan fingerprint density at radius 1 is 1.47 bits per heavy atom. The molecule has 17 heavy (non-hydrogen) atoms. The molecule has 1 saturated carbocycles. The highest BCUT2D eigenvalue weighted by Crippen LogP contribution is 2.32. The van der Waals surface area contributed by atoms with Crippen LogP contribution in [0.4, 0.5) is 4.79 Å². The molecule has 1 rings (SSSR count). The van der Waals surface area contributed by atoms with E-state index in [-0.39, 0.29) is 12.0 Å². The van der Waals surface area contributed by atoms with Crippen LogP contribution in [0.15, 0.2) is 4.99 Å². The second-order valence-corrected chi connectivity index (χ2v) is 5.36. The molecule has 0 bridgehead atoms. The second-order valence-electron chi connectivity index (χ2n) is 5.36. The van der Waals surface area contributed by atoms with Crippen molar-refractivity contribution in [2.45, 2.75) is 45.3 Å². The molecular weight excluding hydrogens is 220 g/mol. The zero-order valence-electron chi connectivity index (χ0n) is 10.7. The van der Waals surface area contributed by atoms with Crippen LogP contribution in [0.2, 0.25) is 0 Å². The normalized spacial score (nSPS) is 17.1. The van der Waals surface area contributed by atoms with Crippen LogP contribution < -0.4 is 16.8 Å². The van der Waals surface area contributed by atoms with Gasteiger partial charge in [-0.05, 0) is 39.5 Å². The van der Waals surface area contributed by atoms with Gasteiger partial charge in [-0.25, -0.2) is 4.79 Å². The molecule has 1 unspecified atom stereocenters. The van der Waals surface area contributed by atoms with Gasteiger partial charge in [0.2, 0.25) is 0 Å². The first-order valence-corrected chi connectivity index (χ1v) is 5.83. The van der Waals surface area contributed by atoms with Crippen LogP contribution in [-0.2, 0) is 4.74 Å². The summed E-state index contributed by atoms with van der Waals surface area (Å²) in [7, 11) is 0. The lowest BCUT2D eigenvalue weighted by molar-refractivity contribution is 0.0500. The predicted molar refractivity (Wildman–Crippen MR) is 66.6 cm³/mol. The molecule has 5 N–H and O–H groups in total. The summed E-state index contributed by atoms with van der Waals surface area (Å²) in [6.45, 7) is 5.89. The van der Waals surface area contributed by atoms with Crippen molar-refractivity contribution in [3.63, 3.8) is 0 Å². The van der Waals surface area contributed by atoms with E-state index in [2.05, 4.69) is 10.3 Å². The largest absolute Gasteiger partial charge is 0.444 e. The molecule has 1 atom stereocenters. The Labute approximate surface area is 102 Å². The van der Waals surface area contributed by atoms with Gasteiger partial charge < -0.3 is 21.5 Å². The van der Waals surface area contributed by atoms with Crippen LogP contribution in [0.1, 0.15) is 33.6 Å². The molecule has 0 radical (unpaired) electrons. The fraction of sp³-hybridized carbons (Fsp3) is 0.818. The number of ether oxygens (including phenoxy) is 1. The summed E-state index contributed by atoms with van der Waals surface area (Å²) in [4.78, 5) is 15.5. The van der Waals surface area contributed by atoms with Crippen molar-refractivity contribution < 1.29 is 9.53 Å². The van der Waals surface area contributed by atoms with E-state index in [1.807, 2.05) is 20.8 Å². The number of carbonyl (C=O) groups excluding carboxylic acids is 1. The van der Waals surface area contributed by atoms with E-state index in [1.165, 1.54) is 0 Å². The van der Waals surface area contributed by atoms with Crippen LogP contribution in [0.5, 0.6) is 0 Å². The maximum absolute atomic E-state index is 11.6. The van der Waals surface area contributed by atoms with Gasteiger partial charge in [0.15, 0.2) is 5.96 Å². The number of alkyl carbamates (subject to hydrolysis) is 1. The van der Waals surface area contributed by atoms with Crippen molar-refractivity contribution in [3.8, 4) is 0 Å². The minimum absolute atomic E-state index is 0.0352. The summed E-state index contributed by atoms with van der Waals surface area (Å²) in [5, 5.41) is 2.81. The smallest absolute Gasteiger partial charge is 0.407 e. The molecule has 1 fully saturated rings. The lowest BCUT2D eigenvalue weighted by atomic mass is 10.2. The zero-order valence-corrected chi connectivity index (χ0v) is 10.7. The van der Waals surface area contributed by atoms with Crippen LogP contribution in [-0.4, -0.2) is 30.2 Å². The molecule has 0 aliphatic heterocycles. The lowest BCUT2D eigenvalue weighted by Gasteiger charge is -2.22. The van der Waals surface area contributed by atoms with E-state index in [0.717, 1.165) is 12.8 Å². The number of guanidine groups is 1. The van der Waals surface area contributed by atoms with Gasteiger partial charge in [-0.1, -0.05) is 0 Å². The molecule has 0 aromatic rings. The van der Waals surface area contributed by atoms with E-state index >= 15 is 0 Å². The van der Waals surface area contributed by atoms with Gasteiger partial charge in [-0.3, -0.25) is 4.99 Å². The van der Waals surface area contributed by atoms with E-state index in [0.29, 0.717) is 12.5 Å². The van der Waals surface area contributed by atoms with E-state index in [1.54, 1.807) is 0 Å². The summed E-state index contributed by atoms with van der Waals surface area (Å²) < 4.78 is 5.19. The maximum atomic E-state index is 11.6. The predicted octanol–water partition coefficient (Wildman–Crippen LogP) is 0.563. The van der Waals surface area contributed by atoms with Crippen LogP contribution in [0.25, 0.3) is 0 Å². The molecule has 0 aromatic heterocycles. The summed E-state index contributed by atoms with van der Waals surface area (Å²) in [6, 6.07) is -0.0352. The summed E-state index contributed by atoms with van der Waals surface area (Å²) in [5.74, 6) is 0.507. The Balaban J connectivity index is 2.44. The minimum atomic E-state index is -0.492. The SMILES string of the molecule is CC(C)(C)OC(=O)NC(CN=C(N)N)C1CC1. The summed E-state index contributed by atoms with van der Waals surface area (Å²) in [6.07, 6.45) is 1.78. The Bertz CT molecular complexity index is 301. The first-order valence-electron chi connectivity index (χ1n) is 5.83. The van der Waals surface area contributed by atoms with Crippen LogP contribution in [0, 0.1) is 5.92 Å². The Morgan fingerprint density at radius 2 is 2.06 bits per heavy atom. The standard InChI is InChI=1S/C11H22N4O2/c1-11(2,3)17-10(16)15-8(7-4-5-7)6-14-9(12)13/h7-8H,4-6H2,1-3H3,(H,15,16)(H4,12,13,14). The number of nitrogens with two attached hydrogens (primary N) is 2. The third-order valence-electron chi connectivity index (χ3n) is 2.36. The van der Waals surface area contributed by atoms with E-state index in [4.69, 9.17) is 16.2 Å². The van der Waals surface area contributed by atoms with Crippen molar-refractivity contribution in [2.24, 2.45) is 22.4 Å². The average Bonchev–Trinajstić information content (AvgIpc) is 2.91. The van der Waals surface area contributed by atoms with Gasteiger partial charge in [0, 0.05) is 0 Å². The third-order valence-corrected chi connectivity index (χ3v) is 2.36. The maximum Gasteiger partial charge on any atom is 0.407 e. The van der Waals surface area contributed by atoms with Crippen molar-refractivity contribution in [1.82, 2.24) is 5.32 Å². The van der Waals surface area contributed by atoms with Gasteiger partial charge in [0.05, 0.1) is 12.6 Å². The molecule has 6 nitrogen and oxygen atoms in total. The number of hydrogen-bond donors (Lipinski definition) is 3. The highest BCUT2D eigenvalue weighted by molar-refractivity contribution is 5.75. The highest BCUT2D eigenvalue weighted by Gasteiger charge is 2.33. The molecule has 0 saturated heterocycles. The van der Waals surface area contributed by atoms with Crippen molar-refractivity contribution in [2.75, 3.05) is 6.54 Å². The average molecular weight is 242 g/mol. The summed E-state index contributed by atoms with van der Waals surface area (Å²) in [5.41, 5.74) is 10.1. The Morgan fingerprint density at radius 3 is 2.47 bits per heavy atom. The number of nitrogens with one attached hydrogen (secondary N) is 1. The quantitative estimate of drug-likeness (QED) is 0.495. The zero-order chi connectivity index (χ0) is 13.1. The number of hydrogen-bond acceptors (Lipinski definition) is 3. The fourth-order valence-electron chi connectivity index (χ4n) is 1.47. The lowest BCUT2D eigenvalue weighted by Crippen LogP contribution is -2.42. The van der Waals surface area contributed by atoms with Gasteiger partial charge in [0.1, 0.15) is 5.60 Å². The van der Waals surface area contributed by atoms with Gasteiger partial charge >= 0.3 is 6.09 Å². The number of amides is 1. The van der Waals surface area contributed by atoms with Crippen LogP contribution in [0.3, 0.4) is 0 Å². The van der Waals surface area contributed by atoms with Crippen molar-refractivity contribution in [1.29, 1.82) is 0 Å². The van der Waals surface area contributed by atoms with Crippen LogP contribution >= 0.6 is 0 Å². The Kier molecular flexibility index (Phi) is 4.20. The van der Waals surface area contributed by atoms with E-state index in [9.17, 15) is 4.79 Å². The third kappa shape index (κ3) is 5.99. The van der Waals surface area contributed by atoms with Crippen molar-refractivity contribution >= 4 is 12.1 Å². The highest BCUT2D eigenvalue weighted by atomic mass is 16.6. The molecular formula is C11H22N4O2. The molecule has 0 spiro atoms. The first-order chi connectivity index (χ1) is 7.78. The molecule has 6 heteroatoms. The van der Waals surface area contributed by atoms with E-state index < -0.39 is 11.7 Å². The molecule has 1 aliphatic carbocycles. The molecule has 1 amide bonds. The molecule has 0 heterocycles. The number of aliphatic imine (C=N–C) groups is 1. The van der Waals surface area contributed by atoms with Crippen molar-refractivity contribution in [3.05, 3.63) is 0 Å².